The normalized spacial score (nSPS) is 9.82. The lowest BCUT2D eigenvalue weighted by Crippen LogP contribution is -2.29. The molecular weight excluding hydrogens is 418 g/mol. The predicted molar refractivity (Wildman–Crippen MR) is 147 cm³/mol. The summed E-state index contributed by atoms with van der Waals surface area (Å²) < 4.78 is 0. The molecule has 180 valence electrons. The Morgan fingerprint density at radius 1 is 0.882 bits per heavy atom. The number of nitrogens with zero attached hydrogens (tertiary/aromatic N) is 2. The number of aryl methyl sites for hydroxylation is 2. The smallest absolute Gasteiger partial charge is 0.0922 e. The molecular formula is C29H39N5. The summed E-state index contributed by atoms with van der Waals surface area (Å²) in [5.41, 5.74) is 14.3. The van der Waals surface area contributed by atoms with Crippen LogP contribution in [-0.2, 0) is 6.54 Å². The highest BCUT2D eigenvalue weighted by atomic mass is 15.1. The first kappa shape index (κ1) is 26.7. The van der Waals surface area contributed by atoms with E-state index in [1.807, 2.05) is 45.3 Å². The van der Waals surface area contributed by atoms with E-state index in [1.54, 1.807) is 6.33 Å². The lowest BCUT2D eigenvalue weighted by Gasteiger charge is -2.26. The van der Waals surface area contributed by atoms with Crippen molar-refractivity contribution in [2.45, 2.75) is 34.2 Å². The molecule has 0 saturated heterocycles. The molecule has 0 aliphatic rings. The zero-order valence-corrected chi connectivity index (χ0v) is 21.2. The number of hydrogen-bond acceptors (Lipinski definition) is 4. The minimum atomic E-state index is 0.619. The van der Waals surface area contributed by atoms with E-state index in [2.05, 4.69) is 88.6 Å². The molecule has 0 radical (unpaired) electrons. The highest BCUT2D eigenvalue weighted by molar-refractivity contribution is 5.69. The standard InChI is InChI=1S/C19H22N4.C8H11N.C2H6/c1-15-11-17(16-5-3-2-4-6-16)7-8-19(15)23(10-9-20)13-18-12-21-14-22-18;1-7-5-3-4-6-8(7)9-2;1-2/h2-8,11-12,14H,9-10,13,20H2,1H3,(H,21,22);3-6,9H,1-2H3;1-2H3. The molecule has 5 nitrogen and oxygen atoms in total. The Morgan fingerprint density at radius 3 is 2.15 bits per heavy atom. The van der Waals surface area contributed by atoms with Crippen LogP contribution in [0.15, 0.2) is 85.3 Å². The van der Waals surface area contributed by atoms with E-state index in [9.17, 15) is 0 Å². The molecule has 0 bridgehead atoms. The number of rotatable bonds is 7. The maximum absolute atomic E-state index is 5.80. The van der Waals surface area contributed by atoms with Crippen LogP contribution in [0, 0.1) is 13.8 Å². The molecule has 1 aromatic heterocycles. The van der Waals surface area contributed by atoms with Crippen LogP contribution in [0.25, 0.3) is 11.1 Å². The third-order valence-electron chi connectivity index (χ3n) is 5.37. The Morgan fingerprint density at radius 2 is 1.59 bits per heavy atom. The Bertz CT molecular complexity index is 1070. The van der Waals surface area contributed by atoms with Gasteiger partial charge in [-0.05, 0) is 54.3 Å². The van der Waals surface area contributed by atoms with E-state index in [1.165, 1.54) is 33.6 Å². The Labute approximate surface area is 205 Å². The fourth-order valence-corrected chi connectivity index (χ4v) is 3.69. The van der Waals surface area contributed by atoms with Gasteiger partial charge >= 0.3 is 0 Å². The van der Waals surface area contributed by atoms with Gasteiger partial charge in [-0.2, -0.15) is 0 Å². The van der Waals surface area contributed by atoms with Crippen molar-refractivity contribution in [1.82, 2.24) is 9.97 Å². The number of hydrogen-bond donors (Lipinski definition) is 3. The molecule has 1 heterocycles. The van der Waals surface area contributed by atoms with Gasteiger partial charge in [-0.3, -0.25) is 0 Å². The van der Waals surface area contributed by atoms with Crippen LogP contribution < -0.4 is 16.0 Å². The largest absolute Gasteiger partial charge is 0.388 e. The van der Waals surface area contributed by atoms with Gasteiger partial charge in [0.1, 0.15) is 0 Å². The van der Waals surface area contributed by atoms with Gasteiger partial charge < -0.3 is 20.9 Å². The van der Waals surface area contributed by atoms with Crippen LogP contribution in [0.2, 0.25) is 0 Å². The first-order valence-corrected chi connectivity index (χ1v) is 11.9. The summed E-state index contributed by atoms with van der Waals surface area (Å²) in [6.07, 6.45) is 3.57. The van der Waals surface area contributed by atoms with Crippen LogP contribution in [0.3, 0.4) is 0 Å². The Balaban J connectivity index is 0.000000311. The van der Waals surface area contributed by atoms with E-state index in [0.29, 0.717) is 6.54 Å². The van der Waals surface area contributed by atoms with Crippen molar-refractivity contribution >= 4 is 11.4 Å². The molecule has 0 aliphatic carbocycles. The number of aromatic nitrogens is 2. The number of nitrogens with two attached hydrogens (primary N) is 1. The second kappa shape index (κ2) is 14.6. The molecule has 34 heavy (non-hydrogen) atoms. The molecule has 3 aromatic carbocycles. The number of para-hydroxylation sites is 1. The Hall–Kier alpha value is -3.57. The molecule has 0 atom stereocenters. The zero-order chi connectivity index (χ0) is 24.8. The SMILES string of the molecule is CC.CNc1ccccc1C.Cc1cc(-c2ccccc2)ccc1N(CCN)Cc1cnc[nH]1. The van der Waals surface area contributed by atoms with E-state index in [4.69, 9.17) is 5.73 Å². The quantitative estimate of drug-likeness (QED) is 0.300. The molecule has 0 amide bonds. The summed E-state index contributed by atoms with van der Waals surface area (Å²) in [4.78, 5) is 9.54. The highest BCUT2D eigenvalue weighted by Crippen LogP contribution is 2.27. The van der Waals surface area contributed by atoms with Gasteiger partial charge in [-0.1, -0.05) is 68.4 Å². The minimum absolute atomic E-state index is 0.619. The molecule has 0 saturated carbocycles. The fraction of sp³-hybridized carbons (Fsp3) is 0.276. The summed E-state index contributed by atoms with van der Waals surface area (Å²) >= 11 is 0. The highest BCUT2D eigenvalue weighted by Gasteiger charge is 2.11. The molecule has 5 heteroatoms. The van der Waals surface area contributed by atoms with Crippen molar-refractivity contribution in [3.8, 4) is 11.1 Å². The molecule has 0 spiro atoms. The monoisotopic (exact) mass is 457 g/mol. The fourth-order valence-electron chi connectivity index (χ4n) is 3.69. The molecule has 4 aromatic rings. The van der Waals surface area contributed by atoms with Gasteiger partial charge in [0.2, 0.25) is 0 Å². The van der Waals surface area contributed by atoms with Gasteiger partial charge in [0, 0.05) is 37.7 Å². The summed E-state index contributed by atoms with van der Waals surface area (Å²) in [7, 11) is 1.93. The van der Waals surface area contributed by atoms with Crippen molar-refractivity contribution in [1.29, 1.82) is 0 Å². The molecule has 0 aliphatic heterocycles. The maximum atomic E-state index is 5.80. The lowest BCUT2D eigenvalue weighted by molar-refractivity contribution is 0.775. The Kier molecular flexibility index (Phi) is 11.4. The number of anilines is 2. The number of nitrogens with one attached hydrogen (secondary N) is 2. The number of H-pyrrole nitrogens is 1. The van der Waals surface area contributed by atoms with Gasteiger partial charge in [-0.25, -0.2) is 4.98 Å². The number of benzene rings is 3. The van der Waals surface area contributed by atoms with E-state index >= 15 is 0 Å². The average Bonchev–Trinajstić information content (AvgIpc) is 3.39. The van der Waals surface area contributed by atoms with Crippen molar-refractivity contribution in [2.75, 3.05) is 30.4 Å². The van der Waals surface area contributed by atoms with Gasteiger partial charge in [-0.15, -0.1) is 0 Å². The first-order chi connectivity index (χ1) is 16.6. The van der Waals surface area contributed by atoms with Crippen LogP contribution >= 0.6 is 0 Å². The molecule has 0 fully saturated rings. The van der Waals surface area contributed by atoms with Crippen molar-refractivity contribution in [3.05, 3.63) is 102 Å². The maximum Gasteiger partial charge on any atom is 0.0922 e. The van der Waals surface area contributed by atoms with Gasteiger partial charge in [0.25, 0.3) is 0 Å². The van der Waals surface area contributed by atoms with E-state index in [0.717, 1.165) is 18.8 Å². The van der Waals surface area contributed by atoms with Crippen LogP contribution in [0.5, 0.6) is 0 Å². The minimum Gasteiger partial charge on any atom is -0.388 e. The summed E-state index contributed by atoms with van der Waals surface area (Å²) in [6.45, 7) is 10.4. The number of aromatic amines is 1. The molecule has 4 rings (SSSR count). The first-order valence-electron chi connectivity index (χ1n) is 11.9. The zero-order valence-electron chi connectivity index (χ0n) is 21.2. The van der Waals surface area contributed by atoms with Crippen molar-refractivity contribution in [2.24, 2.45) is 5.73 Å². The van der Waals surface area contributed by atoms with Crippen molar-refractivity contribution < 1.29 is 0 Å². The van der Waals surface area contributed by atoms with E-state index < -0.39 is 0 Å². The predicted octanol–water partition coefficient (Wildman–Crippen LogP) is 6.41. The summed E-state index contributed by atoms with van der Waals surface area (Å²) in [5.74, 6) is 0. The summed E-state index contributed by atoms with van der Waals surface area (Å²) in [5, 5.41) is 3.10. The topological polar surface area (TPSA) is 70.0 Å². The third kappa shape index (κ3) is 7.78. The van der Waals surface area contributed by atoms with Crippen LogP contribution in [0.4, 0.5) is 11.4 Å². The van der Waals surface area contributed by atoms with Gasteiger partial charge in [0.15, 0.2) is 0 Å². The average molecular weight is 458 g/mol. The van der Waals surface area contributed by atoms with E-state index in [-0.39, 0.29) is 0 Å². The van der Waals surface area contributed by atoms with Crippen LogP contribution in [0.1, 0.15) is 30.7 Å². The second-order valence-electron chi connectivity index (χ2n) is 7.72. The van der Waals surface area contributed by atoms with Crippen molar-refractivity contribution in [3.63, 3.8) is 0 Å². The lowest BCUT2D eigenvalue weighted by atomic mass is 10.0. The van der Waals surface area contributed by atoms with Gasteiger partial charge in [0.05, 0.1) is 18.6 Å². The van der Waals surface area contributed by atoms with Crippen LogP contribution in [-0.4, -0.2) is 30.1 Å². The third-order valence-corrected chi connectivity index (χ3v) is 5.37. The summed E-state index contributed by atoms with van der Waals surface area (Å²) in [6, 6.07) is 25.3. The second-order valence-corrected chi connectivity index (χ2v) is 7.72. The molecule has 0 unspecified atom stereocenters. The number of imidazole rings is 1. The molecule has 4 N–H and O–H groups in total.